The molecule has 0 saturated carbocycles. The zero-order chi connectivity index (χ0) is 8.27. The molecule has 58 valence electrons. The molecule has 3 heteroatoms. The van der Waals surface area contributed by atoms with Gasteiger partial charge in [0.2, 0.25) is 0 Å². The number of rotatable bonds is 1. The molecule has 0 unspecified atom stereocenters. The molecule has 0 aliphatic heterocycles. The second-order valence-corrected chi connectivity index (χ2v) is 2.74. The van der Waals surface area contributed by atoms with Gasteiger partial charge >= 0.3 is 0 Å². The van der Waals surface area contributed by atoms with Crippen LogP contribution in [0.4, 0.5) is 8.78 Å². The van der Waals surface area contributed by atoms with Crippen LogP contribution in [0, 0.1) is 5.82 Å². The predicted molar refractivity (Wildman–Crippen MR) is 44.4 cm³/mol. The fourth-order valence-corrected chi connectivity index (χ4v) is 0.949. The van der Waals surface area contributed by atoms with E-state index < -0.39 is 4.74 Å². The topological polar surface area (TPSA) is 0 Å². The van der Waals surface area contributed by atoms with Crippen molar-refractivity contribution in [3.05, 3.63) is 40.4 Å². The van der Waals surface area contributed by atoms with Crippen LogP contribution in [-0.4, -0.2) is 0 Å². The summed E-state index contributed by atoms with van der Waals surface area (Å²) in [5.74, 6) is -0.322. The monoisotopic (exact) mass is 218 g/mol. The molecule has 0 heterocycles. The largest absolute Gasteiger partial charge is 0.207 e. The third-order valence-electron chi connectivity index (χ3n) is 1.15. The lowest BCUT2D eigenvalue weighted by molar-refractivity contribution is 0.627. The molecule has 0 aromatic heterocycles. The molecule has 1 aromatic carbocycles. The van der Waals surface area contributed by atoms with Gasteiger partial charge in [-0.1, -0.05) is 12.1 Å². The van der Waals surface area contributed by atoms with E-state index in [9.17, 15) is 8.78 Å². The quantitative estimate of drug-likeness (QED) is 0.678. The molecule has 0 atom stereocenters. The molecular formula is C8H5BrF2. The molecular weight excluding hydrogens is 214 g/mol. The van der Waals surface area contributed by atoms with Crippen molar-refractivity contribution in [3.63, 3.8) is 0 Å². The van der Waals surface area contributed by atoms with Crippen LogP contribution < -0.4 is 0 Å². The molecule has 0 fully saturated rings. The number of benzene rings is 1. The summed E-state index contributed by atoms with van der Waals surface area (Å²) in [7, 11) is 0. The average molecular weight is 219 g/mol. The first-order valence-corrected chi connectivity index (χ1v) is 3.76. The summed E-state index contributed by atoms with van der Waals surface area (Å²) < 4.78 is 24.0. The minimum absolute atomic E-state index is 0.322. The average Bonchev–Trinajstić information content (AvgIpc) is 1.93. The normalized spacial score (nSPS) is 11.7. The molecule has 0 aliphatic rings. The molecule has 0 spiro atoms. The summed E-state index contributed by atoms with van der Waals surface area (Å²) in [4.78, 5) is 0. The maximum atomic E-state index is 12.3. The first-order chi connectivity index (χ1) is 5.18. The molecule has 0 saturated heterocycles. The van der Waals surface area contributed by atoms with E-state index in [0.29, 0.717) is 5.56 Å². The van der Waals surface area contributed by atoms with Gasteiger partial charge in [0.15, 0.2) is 4.74 Å². The first-order valence-electron chi connectivity index (χ1n) is 2.97. The van der Waals surface area contributed by atoms with Crippen molar-refractivity contribution in [1.82, 2.24) is 0 Å². The van der Waals surface area contributed by atoms with Crippen LogP contribution in [0.5, 0.6) is 0 Å². The lowest BCUT2D eigenvalue weighted by Gasteiger charge is -1.90. The Balaban J connectivity index is 2.91. The maximum Gasteiger partial charge on any atom is 0.166 e. The maximum absolute atomic E-state index is 12.3. The SMILES string of the molecule is F/C(Br)=C/c1ccc(F)cc1. The number of hydrogen-bond donors (Lipinski definition) is 0. The number of hydrogen-bond acceptors (Lipinski definition) is 0. The Morgan fingerprint density at radius 2 is 1.82 bits per heavy atom. The van der Waals surface area contributed by atoms with Crippen molar-refractivity contribution >= 4 is 22.0 Å². The Bertz CT molecular complexity index is 260. The highest BCUT2D eigenvalue weighted by molar-refractivity contribution is 9.11. The van der Waals surface area contributed by atoms with Crippen molar-refractivity contribution in [2.24, 2.45) is 0 Å². The van der Waals surface area contributed by atoms with Gasteiger partial charge in [0.1, 0.15) is 5.82 Å². The van der Waals surface area contributed by atoms with Crippen LogP contribution >= 0.6 is 15.9 Å². The lowest BCUT2D eigenvalue weighted by Crippen LogP contribution is -1.73. The van der Waals surface area contributed by atoms with Gasteiger partial charge in [-0.05, 0) is 39.7 Å². The van der Waals surface area contributed by atoms with E-state index in [4.69, 9.17) is 0 Å². The molecule has 0 radical (unpaired) electrons. The molecule has 0 amide bonds. The zero-order valence-electron chi connectivity index (χ0n) is 5.52. The summed E-state index contributed by atoms with van der Waals surface area (Å²) in [5, 5.41) is 0. The van der Waals surface area contributed by atoms with Crippen molar-refractivity contribution < 1.29 is 8.78 Å². The van der Waals surface area contributed by atoms with E-state index in [1.54, 1.807) is 0 Å². The Labute approximate surface area is 71.7 Å². The van der Waals surface area contributed by atoms with Crippen LogP contribution in [0.15, 0.2) is 29.0 Å². The van der Waals surface area contributed by atoms with Crippen LogP contribution in [0.25, 0.3) is 6.08 Å². The van der Waals surface area contributed by atoms with Crippen LogP contribution in [0.2, 0.25) is 0 Å². The van der Waals surface area contributed by atoms with Gasteiger partial charge in [0.05, 0.1) is 0 Å². The highest BCUT2D eigenvalue weighted by Gasteiger charge is 1.90. The molecule has 1 rings (SSSR count). The fourth-order valence-electron chi connectivity index (χ4n) is 0.685. The first kappa shape index (κ1) is 8.40. The summed E-state index contributed by atoms with van der Waals surface area (Å²) in [6, 6.07) is 5.55. The van der Waals surface area contributed by atoms with Crippen molar-refractivity contribution in [1.29, 1.82) is 0 Å². The highest BCUT2D eigenvalue weighted by atomic mass is 79.9. The molecule has 0 nitrogen and oxygen atoms in total. The van der Waals surface area contributed by atoms with Gasteiger partial charge < -0.3 is 0 Å². The van der Waals surface area contributed by atoms with E-state index in [2.05, 4.69) is 15.9 Å². The Hall–Kier alpha value is -0.700. The van der Waals surface area contributed by atoms with Crippen molar-refractivity contribution in [2.45, 2.75) is 0 Å². The Morgan fingerprint density at radius 3 is 2.27 bits per heavy atom. The standard InChI is InChI=1S/C8H5BrF2/c9-8(11)5-6-1-3-7(10)4-2-6/h1-5H/b8-5+. The van der Waals surface area contributed by atoms with Gasteiger partial charge in [-0.2, -0.15) is 4.39 Å². The lowest BCUT2D eigenvalue weighted by atomic mass is 10.2. The molecule has 1 aromatic rings. The molecule has 11 heavy (non-hydrogen) atoms. The summed E-state index contributed by atoms with van der Waals surface area (Å²) >= 11 is 2.63. The highest BCUT2D eigenvalue weighted by Crippen LogP contribution is 2.13. The van der Waals surface area contributed by atoms with E-state index in [0.717, 1.165) is 0 Å². The van der Waals surface area contributed by atoms with Crippen LogP contribution in [0.3, 0.4) is 0 Å². The van der Waals surface area contributed by atoms with Crippen molar-refractivity contribution in [3.8, 4) is 0 Å². The van der Waals surface area contributed by atoms with Crippen LogP contribution in [0.1, 0.15) is 5.56 Å². The third kappa shape index (κ3) is 2.80. The van der Waals surface area contributed by atoms with Gasteiger partial charge in [0.25, 0.3) is 0 Å². The fraction of sp³-hybridized carbons (Fsp3) is 0. The predicted octanol–water partition coefficient (Wildman–Crippen LogP) is 3.49. The van der Waals surface area contributed by atoms with E-state index >= 15 is 0 Å². The zero-order valence-corrected chi connectivity index (χ0v) is 7.11. The Kier molecular flexibility index (Phi) is 2.76. The second-order valence-electron chi connectivity index (χ2n) is 1.99. The minimum atomic E-state index is -0.468. The number of halogens is 3. The molecule has 0 aliphatic carbocycles. The van der Waals surface area contributed by atoms with Gasteiger partial charge in [0, 0.05) is 0 Å². The second kappa shape index (κ2) is 3.62. The smallest absolute Gasteiger partial charge is 0.166 e. The van der Waals surface area contributed by atoms with Gasteiger partial charge in [-0.15, -0.1) is 0 Å². The van der Waals surface area contributed by atoms with Gasteiger partial charge in [-0.25, -0.2) is 4.39 Å². The summed E-state index contributed by atoms with van der Waals surface area (Å²) in [6.07, 6.45) is 1.26. The van der Waals surface area contributed by atoms with E-state index in [1.807, 2.05) is 0 Å². The summed E-state index contributed by atoms with van der Waals surface area (Å²) in [6.45, 7) is 0. The van der Waals surface area contributed by atoms with E-state index in [1.165, 1.54) is 30.3 Å². The third-order valence-corrected chi connectivity index (χ3v) is 1.37. The van der Waals surface area contributed by atoms with Crippen LogP contribution in [-0.2, 0) is 0 Å². The summed E-state index contributed by atoms with van der Waals surface area (Å²) in [5.41, 5.74) is 0.626. The van der Waals surface area contributed by atoms with E-state index in [-0.39, 0.29) is 5.82 Å². The molecule has 0 bridgehead atoms. The van der Waals surface area contributed by atoms with Gasteiger partial charge in [-0.3, -0.25) is 0 Å². The Morgan fingerprint density at radius 1 is 1.27 bits per heavy atom. The minimum Gasteiger partial charge on any atom is -0.207 e. The molecule has 0 N–H and O–H groups in total. The van der Waals surface area contributed by atoms with Crippen molar-refractivity contribution in [2.75, 3.05) is 0 Å².